The first-order chi connectivity index (χ1) is 5.84. The molecule has 0 aliphatic carbocycles. The van der Waals surface area contributed by atoms with Crippen LogP contribution < -0.4 is 4.74 Å². The Bertz CT molecular complexity index is 215. The van der Waals surface area contributed by atoms with Gasteiger partial charge in [0.1, 0.15) is 0 Å². The molecule has 0 spiro atoms. The topological polar surface area (TPSA) is 9.23 Å². The van der Waals surface area contributed by atoms with Crippen LogP contribution in [0.5, 0.6) is 5.75 Å². The van der Waals surface area contributed by atoms with Crippen molar-refractivity contribution in [1.29, 1.82) is 0 Å². The molecule has 12 heavy (non-hydrogen) atoms. The molecule has 0 heterocycles. The minimum atomic E-state index is 0.701. The van der Waals surface area contributed by atoms with Crippen molar-refractivity contribution in [3.05, 3.63) is 36.8 Å². The first-order valence-corrected chi connectivity index (χ1v) is 7.55. The van der Waals surface area contributed by atoms with E-state index in [9.17, 15) is 0 Å². The van der Waals surface area contributed by atoms with Crippen LogP contribution in [0.25, 0.3) is 0 Å². The summed E-state index contributed by atoms with van der Waals surface area (Å²) >= 11 is 0.847. The van der Waals surface area contributed by atoms with Crippen LogP contribution in [0, 0.1) is 6.92 Å². The van der Waals surface area contributed by atoms with Gasteiger partial charge < -0.3 is 4.74 Å². The first-order valence-electron chi connectivity index (χ1n) is 3.65. The average molecular weight is 236 g/mol. The molecule has 0 unspecified atom stereocenters. The summed E-state index contributed by atoms with van der Waals surface area (Å²) in [6.07, 6.45) is 0. The molecule has 0 fully saturated rings. The Kier molecular flexibility index (Phi) is 7.33. The fourth-order valence-corrected chi connectivity index (χ4v) is 0.800. The maximum absolute atomic E-state index is 5.27. The molecule has 0 bridgehead atoms. The quantitative estimate of drug-likeness (QED) is 0.566. The summed E-state index contributed by atoms with van der Waals surface area (Å²) in [7, 11) is 4.76. The second-order valence-electron chi connectivity index (χ2n) is 2.04. The van der Waals surface area contributed by atoms with Gasteiger partial charge in [-0.25, -0.2) is 0 Å². The van der Waals surface area contributed by atoms with Crippen molar-refractivity contribution < 1.29 is 22.0 Å². The molecule has 1 rings (SSSR count). The normalized spacial score (nSPS) is 8.33. The average Bonchev–Trinajstić information content (AvgIpc) is 2.13. The summed E-state index contributed by atoms with van der Waals surface area (Å²) in [6, 6.07) is 7.75. The molecular formula is C9H11ClOZn. The van der Waals surface area contributed by atoms with Gasteiger partial charge in [-0.05, 0) is 6.92 Å². The number of ether oxygens (including phenoxy) is 1. The van der Waals surface area contributed by atoms with Crippen LogP contribution in [0.2, 0.25) is 0 Å². The van der Waals surface area contributed by atoms with Crippen molar-refractivity contribution in [2.45, 2.75) is 6.92 Å². The van der Waals surface area contributed by atoms with E-state index in [1.165, 1.54) is 0 Å². The van der Waals surface area contributed by atoms with Gasteiger partial charge in [0.05, 0.1) is 6.61 Å². The Morgan fingerprint density at radius 2 is 2.00 bits per heavy atom. The van der Waals surface area contributed by atoms with Crippen molar-refractivity contribution in [1.82, 2.24) is 0 Å². The van der Waals surface area contributed by atoms with Crippen LogP contribution in [0.1, 0.15) is 12.5 Å². The minimum absolute atomic E-state index is 0.701. The first kappa shape index (κ1) is 11.8. The molecule has 0 saturated heterocycles. The summed E-state index contributed by atoms with van der Waals surface area (Å²) in [4.78, 5) is 0. The molecule has 0 aromatic heterocycles. The number of hydrogen-bond donors (Lipinski definition) is 0. The summed E-state index contributed by atoms with van der Waals surface area (Å²) in [6.45, 7) is 6.48. The maximum atomic E-state index is 5.27. The Balaban J connectivity index is 0.000000561. The van der Waals surface area contributed by atoms with Gasteiger partial charge >= 0.3 is 27.0 Å². The number of halogens is 1. The summed E-state index contributed by atoms with van der Waals surface area (Å²) in [5.74, 6) is 0.880. The second-order valence-corrected chi connectivity index (χ2v) is 2.04. The van der Waals surface area contributed by atoms with E-state index in [0.717, 1.165) is 28.6 Å². The summed E-state index contributed by atoms with van der Waals surface area (Å²) in [5.41, 5.74) is 0.948. The zero-order chi connectivity index (χ0) is 9.40. The fourth-order valence-electron chi connectivity index (χ4n) is 0.800. The molecule has 0 amide bonds. The Morgan fingerprint density at radius 1 is 1.42 bits per heavy atom. The van der Waals surface area contributed by atoms with Gasteiger partial charge in [0.15, 0.2) is 0 Å². The van der Waals surface area contributed by atoms with E-state index in [-0.39, 0.29) is 0 Å². The molecule has 62 valence electrons. The Hall–Kier alpha value is -0.197. The molecule has 0 saturated carbocycles. The van der Waals surface area contributed by atoms with Gasteiger partial charge in [-0.15, -0.1) is 6.07 Å². The zero-order valence-electron chi connectivity index (χ0n) is 7.22. The summed E-state index contributed by atoms with van der Waals surface area (Å²) < 4.78 is 5.27. The van der Waals surface area contributed by atoms with Crippen LogP contribution in [-0.4, -0.2) is 6.61 Å². The van der Waals surface area contributed by atoms with Gasteiger partial charge in [0.25, 0.3) is 0 Å². The molecule has 3 heteroatoms. The number of hydrogen-bond acceptors (Lipinski definition) is 1. The van der Waals surface area contributed by atoms with Crippen molar-refractivity contribution in [2.24, 2.45) is 0 Å². The molecule has 0 radical (unpaired) electrons. The third-order valence-electron chi connectivity index (χ3n) is 1.27. The number of benzene rings is 1. The molecule has 0 N–H and O–H groups in total. The van der Waals surface area contributed by atoms with Gasteiger partial charge in [-0.2, -0.15) is 18.6 Å². The molecule has 1 nitrogen and oxygen atoms in total. The van der Waals surface area contributed by atoms with Crippen LogP contribution in [0.4, 0.5) is 0 Å². The fraction of sp³-hybridized carbons (Fsp3) is 0.222. The molecule has 1 aromatic rings. The van der Waals surface area contributed by atoms with Crippen molar-refractivity contribution >= 4 is 9.69 Å². The van der Waals surface area contributed by atoms with Crippen LogP contribution in [0.15, 0.2) is 24.3 Å². The van der Waals surface area contributed by atoms with Gasteiger partial charge in [-0.3, -0.25) is 0 Å². The number of rotatable bonds is 2. The van der Waals surface area contributed by atoms with Crippen LogP contribution in [0.3, 0.4) is 0 Å². The molecule has 0 aliphatic rings. The van der Waals surface area contributed by atoms with Crippen molar-refractivity contribution in [3.63, 3.8) is 0 Å². The molecule has 0 aliphatic heterocycles. The van der Waals surface area contributed by atoms with Gasteiger partial charge in [-0.1, -0.05) is 12.1 Å². The van der Waals surface area contributed by atoms with Crippen LogP contribution >= 0.6 is 9.69 Å². The second kappa shape index (κ2) is 7.45. The van der Waals surface area contributed by atoms with E-state index in [4.69, 9.17) is 14.4 Å². The van der Waals surface area contributed by atoms with E-state index >= 15 is 0 Å². The van der Waals surface area contributed by atoms with Gasteiger partial charge in [0, 0.05) is 5.75 Å². The Labute approximate surface area is 87.8 Å². The number of para-hydroxylation sites is 1. The SMILES string of the molecule is [CH2-]c1ccccc1OCC.[Cl][Zn+]. The van der Waals surface area contributed by atoms with Crippen molar-refractivity contribution in [3.8, 4) is 5.75 Å². The predicted octanol–water partition coefficient (Wildman–Crippen LogP) is 2.95. The third-order valence-corrected chi connectivity index (χ3v) is 1.27. The zero-order valence-corrected chi connectivity index (χ0v) is 10.9. The van der Waals surface area contributed by atoms with E-state index < -0.39 is 0 Å². The van der Waals surface area contributed by atoms with E-state index in [1.54, 1.807) is 0 Å². The molecule has 0 atom stereocenters. The van der Waals surface area contributed by atoms with Crippen molar-refractivity contribution in [2.75, 3.05) is 6.61 Å². The van der Waals surface area contributed by atoms with Gasteiger partial charge in [0.2, 0.25) is 0 Å². The van der Waals surface area contributed by atoms with E-state index in [1.807, 2.05) is 31.2 Å². The predicted molar refractivity (Wildman–Crippen MR) is 47.9 cm³/mol. The third kappa shape index (κ3) is 3.99. The monoisotopic (exact) mass is 234 g/mol. The standard InChI is InChI=1S/C9H11O.ClH.Zn/c1-3-10-9-7-5-4-6-8(9)2;;/h4-7H,2-3H2,1H3;1H;/q-1;;+2/p-1. The summed E-state index contributed by atoms with van der Waals surface area (Å²) in [5, 5.41) is 0. The molecule has 1 aromatic carbocycles. The Morgan fingerprint density at radius 3 is 2.50 bits per heavy atom. The van der Waals surface area contributed by atoms with E-state index in [0.29, 0.717) is 6.61 Å². The van der Waals surface area contributed by atoms with E-state index in [2.05, 4.69) is 6.92 Å². The molecular weight excluding hydrogens is 225 g/mol. The van der Waals surface area contributed by atoms with Crippen LogP contribution in [-0.2, 0) is 17.3 Å².